The second-order valence-electron chi connectivity index (χ2n) is 3.10. The van der Waals surface area contributed by atoms with Crippen LogP contribution < -0.4 is 5.73 Å². The minimum absolute atomic E-state index is 0.00329. The van der Waals surface area contributed by atoms with Crippen molar-refractivity contribution in [1.82, 2.24) is 4.98 Å². The maximum Gasteiger partial charge on any atom is 0.0571 e. The summed E-state index contributed by atoms with van der Waals surface area (Å²) in [5.41, 5.74) is 6.86. The summed E-state index contributed by atoms with van der Waals surface area (Å²) in [5.74, 6) is 2.60. The van der Waals surface area contributed by atoms with Crippen molar-refractivity contribution in [3.05, 3.63) is 28.5 Å². The van der Waals surface area contributed by atoms with Gasteiger partial charge in [-0.25, -0.2) is 0 Å². The van der Waals surface area contributed by atoms with Gasteiger partial charge in [0.2, 0.25) is 0 Å². The van der Waals surface area contributed by atoms with E-state index in [1.807, 2.05) is 12.1 Å². The van der Waals surface area contributed by atoms with Crippen LogP contribution in [0, 0.1) is 12.3 Å². The normalized spacial score (nSPS) is 12.1. The summed E-state index contributed by atoms with van der Waals surface area (Å²) in [4.78, 5) is 4.23. The molecule has 3 heteroatoms. The molecule has 1 rings (SSSR count). The quantitative estimate of drug-likeness (QED) is 0.661. The predicted octanol–water partition coefficient (Wildman–Crippen LogP) is 2.65. The monoisotopic (exact) mass is 252 g/mol. The Balaban J connectivity index is 2.48. The first-order valence-electron chi connectivity index (χ1n) is 4.54. The van der Waals surface area contributed by atoms with E-state index in [1.54, 1.807) is 6.20 Å². The van der Waals surface area contributed by atoms with Gasteiger partial charge in [-0.15, -0.1) is 12.3 Å². The Morgan fingerprint density at radius 2 is 2.36 bits per heavy atom. The molecule has 1 heterocycles. The van der Waals surface area contributed by atoms with Gasteiger partial charge in [0.15, 0.2) is 0 Å². The second-order valence-corrected chi connectivity index (χ2v) is 4.02. The lowest BCUT2D eigenvalue weighted by molar-refractivity contribution is 0.606. The summed E-state index contributed by atoms with van der Waals surface area (Å²) in [7, 11) is 0. The first kappa shape index (κ1) is 11.2. The van der Waals surface area contributed by atoms with Crippen molar-refractivity contribution in [3.8, 4) is 12.3 Å². The predicted molar refractivity (Wildman–Crippen MR) is 61.5 cm³/mol. The molecule has 74 valence electrons. The molecule has 0 aliphatic rings. The van der Waals surface area contributed by atoms with Gasteiger partial charge in [-0.2, -0.15) is 0 Å². The van der Waals surface area contributed by atoms with Gasteiger partial charge < -0.3 is 5.73 Å². The highest BCUT2D eigenvalue weighted by atomic mass is 79.9. The van der Waals surface area contributed by atoms with E-state index in [4.69, 9.17) is 12.2 Å². The van der Waals surface area contributed by atoms with Gasteiger partial charge in [-0.3, -0.25) is 4.98 Å². The van der Waals surface area contributed by atoms with Gasteiger partial charge in [0.1, 0.15) is 0 Å². The van der Waals surface area contributed by atoms with Crippen molar-refractivity contribution in [3.63, 3.8) is 0 Å². The molecule has 0 spiro atoms. The number of pyridine rings is 1. The van der Waals surface area contributed by atoms with Crippen molar-refractivity contribution in [2.75, 3.05) is 0 Å². The standard InChI is InChI=1S/C11H13BrN2/c1-2-3-4-5-10(13)11-7-6-9(12)8-14-11/h1,6-8,10H,3-5,13H2. The molecule has 1 aromatic rings. The van der Waals surface area contributed by atoms with Crippen LogP contribution in [-0.4, -0.2) is 4.98 Å². The number of unbranched alkanes of at least 4 members (excludes halogenated alkanes) is 1. The molecule has 1 atom stereocenters. The zero-order chi connectivity index (χ0) is 10.4. The lowest BCUT2D eigenvalue weighted by Crippen LogP contribution is -2.11. The molecule has 1 aromatic heterocycles. The fraction of sp³-hybridized carbons (Fsp3) is 0.364. The van der Waals surface area contributed by atoms with E-state index in [0.29, 0.717) is 0 Å². The fourth-order valence-electron chi connectivity index (χ4n) is 1.18. The average Bonchev–Trinajstić information content (AvgIpc) is 2.19. The summed E-state index contributed by atoms with van der Waals surface area (Å²) >= 11 is 3.33. The van der Waals surface area contributed by atoms with Crippen molar-refractivity contribution < 1.29 is 0 Å². The molecule has 0 bridgehead atoms. The first-order valence-corrected chi connectivity index (χ1v) is 5.34. The highest BCUT2D eigenvalue weighted by Crippen LogP contribution is 2.16. The molecule has 0 fully saturated rings. The van der Waals surface area contributed by atoms with Crippen molar-refractivity contribution in [2.24, 2.45) is 5.73 Å². The Kier molecular flexibility index (Phi) is 4.64. The fourth-order valence-corrected chi connectivity index (χ4v) is 1.41. The van der Waals surface area contributed by atoms with Crippen LogP contribution in [0.15, 0.2) is 22.8 Å². The number of hydrogen-bond donors (Lipinski definition) is 1. The number of nitrogens with zero attached hydrogens (tertiary/aromatic N) is 1. The van der Waals surface area contributed by atoms with Gasteiger partial charge in [0.05, 0.1) is 5.69 Å². The van der Waals surface area contributed by atoms with E-state index in [-0.39, 0.29) is 6.04 Å². The SMILES string of the molecule is C#CCCCC(N)c1ccc(Br)cn1. The van der Waals surface area contributed by atoms with E-state index < -0.39 is 0 Å². The van der Waals surface area contributed by atoms with Gasteiger partial charge in [0.25, 0.3) is 0 Å². The number of nitrogens with two attached hydrogens (primary N) is 1. The van der Waals surface area contributed by atoms with E-state index in [1.165, 1.54) is 0 Å². The molecule has 0 aromatic carbocycles. The Labute approximate surface area is 93.0 Å². The maximum absolute atomic E-state index is 5.94. The van der Waals surface area contributed by atoms with Crippen molar-refractivity contribution in [1.29, 1.82) is 0 Å². The molecule has 0 saturated carbocycles. The van der Waals surface area contributed by atoms with Crippen LogP contribution in [0.5, 0.6) is 0 Å². The van der Waals surface area contributed by atoms with Crippen LogP contribution in [0.4, 0.5) is 0 Å². The summed E-state index contributed by atoms with van der Waals surface area (Å²) in [6, 6.07) is 3.88. The molecule has 0 aliphatic carbocycles. The molecule has 0 radical (unpaired) electrons. The molecule has 2 N–H and O–H groups in total. The van der Waals surface area contributed by atoms with Crippen LogP contribution in [0.2, 0.25) is 0 Å². The number of rotatable bonds is 4. The van der Waals surface area contributed by atoms with E-state index in [2.05, 4.69) is 26.8 Å². The molecule has 2 nitrogen and oxygen atoms in total. The third-order valence-corrected chi connectivity index (χ3v) is 2.44. The van der Waals surface area contributed by atoms with Crippen molar-refractivity contribution >= 4 is 15.9 Å². The summed E-state index contributed by atoms with van der Waals surface area (Å²) in [6.45, 7) is 0. The second kappa shape index (κ2) is 5.79. The minimum Gasteiger partial charge on any atom is -0.323 e. The van der Waals surface area contributed by atoms with Crippen LogP contribution in [0.1, 0.15) is 31.0 Å². The molecule has 0 amide bonds. The zero-order valence-electron chi connectivity index (χ0n) is 7.91. The largest absolute Gasteiger partial charge is 0.323 e. The number of aromatic nitrogens is 1. The Bertz CT molecular complexity index is 313. The smallest absolute Gasteiger partial charge is 0.0571 e. The maximum atomic E-state index is 5.94. The summed E-state index contributed by atoms with van der Waals surface area (Å²) in [5, 5.41) is 0. The molecular weight excluding hydrogens is 240 g/mol. The average molecular weight is 253 g/mol. The Morgan fingerprint density at radius 3 is 2.93 bits per heavy atom. The number of terminal acetylenes is 1. The summed E-state index contributed by atoms with van der Waals surface area (Å²) in [6.07, 6.45) is 9.54. The van der Waals surface area contributed by atoms with Crippen LogP contribution in [0.3, 0.4) is 0 Å². The van der Waals surface area contributed by atoms with Gasteiger partial charge in [-0.1, -0.05) is 0 Å². The highest BCUT2D eigenvalue weighted by Gasteiger charge is 2.05. The Morgan fingerprint density at radius 1 is 1.57 bits per heavy atom. The Hall–Kier alpha value is -0.850. The van der Waals surface area contributed by atoms with E-state index in [9.17, 15) is 0 Å². The highest BCUT2D eigenvalue weighted by molar-refractivity contribution is 9.10. The molecular formula is C11H13BrN2. The van der Waals surface area contributed by atoms with Gasteiger partial charge in [0, 0.05) is 23.1 Å². The number of hydrogen-bond acceptors (Lipinski definition) is 2. The van der Waals surface area contributed by atoms with Crippen LogP contribution in [0.25, 0.3) is 0 Å². The van der Waals surface area contributed by atoms with Gasteiger partial charge in [-0.05, 0) is 40.9 Å². The first-order chi connectivity index (χ1) is 6.74. The number of halogens is 1. The molecule has 0 aliphatic heterocycles. The van der Waals surface area contributed by atoms with Crippen LogP contribution in [-0.2, 0) is 0 Å². The summed E-state index contributed by atoms with van der Waals surface area (Å²) < 4.78 is 0.970. The molecule has 1 unspecified atom stereocenters. The third-order valence-electron chi connectivity index (χ3n) is 1.97. The lowest BCUT2D eigenvalue weighted by Gasteiger charge is -2.09. The van der Waals surface area contributed by atoms with Crippen LogP contribution >= 0.6 is 15.9 Å². The molecule has 14 heavy (non-hydrogen) atoms. The van der Waals surface area contributed by atoms with E-state index >= 15 is 0 Å². The third kappa shape index (κ3) is 3.49. The van der Waals surface area contributed by atoms with Crippen molar-refractivity contribution in [2.45, 2.75) is 25.3 Å². The minimum atomic E-state index is -0.00329. The zero-order valence-corrected chi connectivity index (χ0v) is 9.50. The van der Waals surface area contributed by atoms with E-state index in [0.717, 1.165) is 29.4 Å². The topological polar surface area (TPSA) is 38.9 Å². The lowest BCUT2D eigenvalue weighted by atomic mass is 10.1. The van der Waals surface area contributed by atoms with Gasteiger partial charge >= 0.3 is 0 Å². The molecule has 0 saturated heterocycles.